The van der Waals surface area contributed by atoms with Crippen LogP contribution in [0.1, 0.15) is 16.1 Å². The first kappa shape index (κ1) is 13.7. The van der Waals surface area contributed by atoms with Gasteiger partial charge in [0.25, 0.3) is 11.5 Å². The van der Waals surface area contributed by atoms with Gasteiger partial charge in [0.2, 0.25) is 0 Å². The Morgan fingerprint density at radius 1 is 1.21 bits per heavy atom. The predicted octanol–water partition coefficient (Wildman–Crippen LogP) is 1.98. The van der Waals surface area contributed by atoms with Crippen LogP contribution < -0.4 is 10.9 Å². The third-order valence-corrected chi connectivity index (χ3v) is 3.12. The smallest absolute Gasteiger partial charge is 0.269 e. The van der Waals surface area contributed by atoms with Crippen LogP contribution in [0.25, 0.3) is 0 Å². The number of nitrogens with one attached hydrogen (secondary N) is 3. The minimum absolute atomic E-state index is 0.201. The Labute approximate surface area is 118 Å². The lowest BCUT2D eigenvalue weighted by Crippen LogP contribution is -2.26. The number of carbonyl (C=O) groups is 1. The third kappa shape index (κ3) is 3.62. The topological polar surface area (TPSA) is 77.8 Å². The fourth-order valence-electron chi connectivity index (χ4n) is 1.58. The van der Waals surface area contributed by atoms with Crippen molar-refractivity contribution in [3.05, 3.63) is 55.9 Å². The van der Waals surface area contributed by atoms with E-state index in [9.17, 15) is 9.59 Å². The average molecular weight is 300 g/mol. The van der Waals surface area contributed by atoms with Gasteiger partial charge in [0.15, 0.2) is 0 Å². The van der Waals surface area contributed by atoms with Gasteiger partial charge in [-0.15, -0.1) is 0 Å². The highest BCUT2D eigenvalue weighted by molar-refractivity contribution is 6.35. The van der Waals surface area contributed by atoms with E-state index in [0.717, 1.165) is 5.56 Å². The van der Waals surface area contributed by atoms with Crippen LogP contribution in [0.4, 0.5) is 0 Å². The maximum Gasteiger partial charge on any atom is 0.269 e. The summed E-state index contributed by atoms with van der Waals surface area (Å²) in [7, 11) is 0. The van der Waals surface area contributed by atoms with Crippen LogP contribution in [0.5, 0.6) is 0 Å². The molecular weight excluding hydrogens is 289 g/mol. The van der Waals surface area contributed by atoms with Crippen molar-refractivity contribution >= 4 is 29.1 Å². The second-order valence-corrected chi connectivity index (χ2v) is 4.76. The molecule has 2 rings (SSSR count). The van der Waals surface area contributed by atoms with E-state index in [1.54, 1.807) is 12.1 Å². The number of hydrogen-bond acceptors (Lipinski definition) is 2. The van der Waals surface area contributed by atoms with Crippen molar-refractivity contribution in [3.63, 3.8) is 0 Å². The number of rotatable bonds is 4. The molecule has 0 atom stereocenters. The predicted molar refractivity (Wildman–Crippen MR) is 73.9 cm³/mol. The number of H-pyrrole nitrogens is 2. The first-order valence-electron chi connectivity index (χ1n) is 5.56. The average Bonchev–Trinajstić information content (AvgIpc) is 2.78. The van der Waals surface area contributed by atoms with Gasteiger partial charge in [0.05, 0.1) is 0 Å². The summed E-state index contributed by atoms with van der Waals surface area (Å²) in [6, 6.07) is 6.41. The molecule has 7 heteroatoms. The van der Waals surface area contributed by atoms with E-state index in [2.05, 4.69) is 15.5 Å². The SMILES string of the molecule is O=C(NCCc1ccc(Cl)cc1Cl)c1cc(=O)[nH][nH]1. The molecule has 3 N–H and O–H groups in total. The van der Waals surface area contributed by atoms with Crippen molar-refractivity contribution in [1.82, 2.24) is 15.5 Å². The van der Waals surface area contributed by atoms with Crippen LogP contribution in [-0.4, -0.2) is 22.6 Å². The number of halogens is 2. The maximum absolute atomic E-state index is 11.6. The van der Waals surface area contributed by atoms with Gasteiger partial charge in [0, 0.05) is 22.7 Å². The lowest BCUT2D eigenvalue weighted by molar-refractivity contribution is 0.0949. The fraction of sp³-hybridized carbons (Fsp3) is 0.167. The zero-order valence-electron chi connectivity index (χ0n) is 9.80. The van der Waals surface area contributed by atoms with E-state index in [1.807, 2.05) is 6.07 Å². The van der Waals surface area contributed by atoms with E-state index in [0.29, 0.717) is 23.0 Å². The molecule has 0 aliphatic carbocycles. The molecule has 1 aromatic heterocycles. The Kier molecular flexibility index (Phi) is 4.29. The number of aromatic amines is 2. The van der Waals surface area contributed by atoms with Gasteiger partial charge in [0.1, 0.15) is 5.69 Å². The van der Waals surface area contributed by atoms with Crippen molar-refractivity contribution in [2.75, 3.05) is 6.54 Å². The van der Waals surface area contributed by atoms with Gasteiger partial charge in [-0.1, -0.05) is 29.3 Å². The Morgan fingerprint density at radius 2 is 2.00 bits per heavy atom. The van der Waals surface area contributed by atoms with Gasteiger partial charge in [-0.2, -0.15) is 0 Å². The zero-order valence-corrected chi connectivity index (χ0v) is 11.3. The fourth-order valence-corrected chi connectivity index (χ4v) is 2.09. The van der Waals surface area contributed by atoms with Crippen molar-refractivity contribution < 1.29 is 4.79 Å². The molecule has 1 aromatic carbocycles. The van der Waals surface area contributed by atoms with E-state index in [4.69, 9.17) is 23.2 Å². The Balaban J connectivity index is 1.90. The normalized spacial score (nSPS) is 10.4. The molecule has 100 valence electrons. The van der Waals surface area contributed by atoms with Gasteiger partial charge in [-0.05, 0) is 24.1 Å². The Morgan fingerprint density at radius 3 is 2.63 bits per heavy atom. The quantitative estimate of drug-likeness (QED) is 0.807. The molecule has 0 saturated carbocycles. The molecule has 19 heavy (non-hydrogen) atoms. The Hall–Kier alpha value is -1.72. The van der Waals surface area contributed by atoms with E-state index in [1.165, 1.54) is 6.07 Å². The minimum atomic E-state index is -0.344. The minimum Gasteiger partial charge on any atom is -0.350 e. The summed E-state index contributed by atoms with van der Waals surface area (Å²) in [5.74, 6) is -0.344. The van der Waals surface area contributed by atoms with Crippen molar-refractivity contribution in [2.45, 2.75) is 6.42 Å². The van der Waals surface area contributed by atoms with E-state index < -0.39 is 0 Å². The van der Waals surface area contributed by atoms with Crippen LogP contribution in [0.3, 0.4) is 0 Å². The number of aromatic nitrogens is 2. The molecule has 0 spiro atoms. The molecular formula is C12H11Cl2N3O2. The molecule has 0 bridgehead atoms. The first-order chi connectivity index (χ1) is 9.06. The molecule has 0 aliphatic heterocycles. The maximum atomic E-state index is 11.6. The number of hydrogen-bond donors (Lipinski definition) is 3. The molecule has 1 heterocycles. The first-order valence-corrected chi connectivity index (χ1v) is 6.31. The molecule has 2 aromatic rings. The lowest BCUT2D eigenvalue weighted by Gasteiger charge is -2.06. The van der Waals surface area contributed by atoms with Crippen LogP contribution in [-0.2, 0) is 6.42 Å². The third-order valence-electron chi connectivity index (χ3n) is 2.54. The largest absolute Gasteiger partial charge is 0.350 e. The number of carbonyl (C=O) groups excluding carboxylic acids is 1. The van der Waals surface area contributed by atoms with Crippen LogP contribution in [0.15, 0.2) is 29.1 Å². The Bertz CT molecular complexity index is 648. The number of amides is 1. The van der Waals surface area contributed by atoms with Crippen molar-refractivity contribution in [1.29, 1.82) is 0 Å². The lowest BCUT2D eigenvalue weighted by atomic mass is 10.1. The van der Waals surface area contributed by atoms with Crippen molar-refractivity contribution in [3.8, 4) is 0 Å². The summed E-state index contributed by atoms with van der Waals surface area (Å²) in [5.41, 5.74) is 0.757. The van der Waals surface area contributed by atoms with Gasteiger partial charge < -0.3 is 5.32 Å². The van der Waals surface area contributed by atoms with Crippen LogP contribution in [0.2, 0.25) is 10.0 Å². The van der Waals surface area contributed by atoms with Gasteiger partial charge in [-0.3, -0.25) is 19.8 Å². The molecule has 0 fully saturated rings. The summed E-state index contributed by atoms with van der Waals surface area (Å²) in [4.78, 5) is 22.5. The number of benzene rings is 1. The highest BCUT2D eigenvalue weighted by Crippen LogP contribution is 2.20. The highest BCUT2D eigenvalue weighted by atomic mass is 35.5. The van der Waals surface area contributed by atoms with Gasteiger partial charge in [-0.25, -0.2) is 0 Å². The molecule has 0 aliphatic rings. The second-order valence-electron chi connectivity index (χ2n) is 3.91. The summed E-state index contributed by atoms with van der Waals surface area (Å²) in [6.45, 7) is 0.410. The standard InChI is InChI=1S/C12H11Cl2N3O2/c13-8-2-1-7(9(14)5-8)3-4-15-12(19)10-6-11(18)17-16-10/h1-2,5-6H,3-4H2,(H,15,19)(H2,16,17,18). The summed E-state index contributed by atoms with van der Waals surface area (Å²) >= 11 is 11.8. The molecule has 1 amide bonds. The van der Waals surface area contributed by atoms with E-state index in [-0.39, 0.29) is 17.2 Å². The summed E-state index contributed by atoms with van der Waals surface area (Å²) in [6.07, 6.45) is 0.580. The molecule has 0 unspecified atom stereocenters. The highest BCUT2D eigenvalue weighted by Gasteiger charge is 2.08. The van der Waals surface area contributed by atoms with E-state index >= 15 is 0 Å². The molecule has 5 nitrogen and oxygen atoms in total. The van der Waals surface area contributed by atoms with Crippen LogP contribution >= 0.6 is 23.2 Å². The second kappa shape index (κ2) is 5.95. The zero-order chi connectivity index (χ0) is 13.8. The summed E-state index contributed by atoms with van der Waals surface area (Å²) < 4.78 is 0. The van der Waals surface area contributed by atoms with Gasteiger partial charge >= 0.3 is 0 Å². The van der Waals surface area contributed by atoms with Crippen LogP contribution in [0, 0.1) is 0 Å². The summed E-state index contributed by atoms with van der Waals surface area (Å²) in [5, 5.41) is 8.60. The monoisotopic (exact) mass is 299 g/mol. The molecule has 0 radical (unpaired) electrons. The van der Waals surface area contributed by atoms with Crippen molar-refractivity contribution in [2.24, 2.45) is 0 Å². The molecule has 0 saturated heterocycles.